The maximum Gasteiger partial charge on any atom is 0.103 e. The van der Waals surface area contributed by atoms with Gasteiger partial charge in [0.25, 0.3) is 0 Å². The molecule has 0 bridgehead atoms. The zero-order chi connectivity index (χ0) is 10.4. The highest BCUT2D eigenvalue weighted by Gasteiger charge is 2.07. The Hall–Kier alpha value is -0.820. The van der Waals surface area contributed by atoms with Crippen molar-refractivity contribution in [2.45, 2.75) is 26.8 Å². The molecule has 0 radical (unpaired) electrons. The highest BCUT2D eigenvalue weighted by atomic mass is 15.1. The third-order valence-corrected chi connectivity index (χ3v) is 2.74. The molecule has 1 heteroatoms. The number of hydrogen-bond donors (Lipinski definition) is 1. The van der Waals surface area contributed by atoms with Gasteiger partial charge in [-0.05, 0) is 6.42 Å². The molecule has 14 heavy (non-hydrogen) atoms. The van der Waals surface area contributed by atoms with Crippen molar-refractivity contribution in [2.75, 3.05) is 13.6 Å². The Balaban J connectivity index is 2.37. The maximum absolute atomic E-state index is 2.33. The van der Waals surface area contributed by atoms with Gasteiger partial charge in [-0.15, -0.1) is 0 Å². The van der Waals surface area contributed by atoms with Gasteiger partial charge in [0.05, 0.1) is 13.6 Å². The van der Waals surface area contributed by atoms with E-state index in [4.69, 9.17) is 0 Å². The average molecular weight is 192 g/mol. The number of benzene rings is 1. The molecule has 1 rings (SSSR count). The quantitative estimate of drug-likeness (QED) is 0.725. The van der Waals surface area contributed by atoms with E-state index in [1.807, 2.05) is 0 Å². The molecule has 0 amide bonds. The van der Waals surface area contributed by atoms with E-state index in [-0.39, 0.29) is 0 Å². The minimum Gasteiger partial charge on any atom is -0.333 e. The molecule has 1 nitrogen and oxygen atoms in total. The Labute approximate surface area is 87.7 Å². The second-order valence-electron chi connectivity index (χ2n) is 4.34. The molecule has 0 aliphatic heterocycles. The number of nitrogens with one attached hydrogen (secondary N) is 1. The molecule has 78 valence electrons. The molecule has 2 atom stereocenters. The van der Waals surface area contributed by atoms with E-state index in [0.717, 1.165) is 12.5 Å². The largest absolute Gasteiger partial charge is 0.333 e. The van der Waals surface area contributed by atoms with E-state index in [0.29, 0.717) is 0 Å². The summed E-state index contributed by atoms with van der Waals surface area (Å²) in [7, 11) is 2.28. The van der Waals surface area contributed by atoms with Gasteiger partial charge in [-0.25, -0.2) is 0 Å². The molecule has 0 heterocycles. The van der Waals surface area contributed by atoms with Crippen molar-refractivity contribution in [3.05, 3.63) is 35.9 Å². The van der Waals surface area contributed by atoms with Crippen LogP contribution in [-0.2, 0) is 6.54 Å². The molecule has 1 aromatic carbocycles. The van der Waals surface area contributed by atoms with Crippen LogP contribution < -0.4 is 4.90 Å². The number of rotatable bonds is 5. The van der Waals surface area contributed by atoms with Crippen molar-refractivity contribution in [2.24, 2.45) is 5.92 Å². The molecular weight excluding hydrogens is 170 g/mol. The minimum absolute atomic E-state index is 0.832. The van der Waals surface area contributed by atoms with Gasteiger partial charge in [-0.1, -0.05) is 44.2 Å². The first kappa shape index (κ1) is 11.3. The first-order valence-electron chi connectivity index (χ1n) is 5.57. The van der Waals surface area contributed by atoms with Crippen LogP contribution in [0.1, 0.15) is 25.8 Å². The molecule has 1 N–H and O–H groups in total. The zero-order valence-electron chi connectivity index (χ0n) is 9.59. The molecular formula is C13H22N+. The molecule has 0 fully saturated rings. The highest BCUT2D eigenvalue weighted by Crippen LogP contribution is 1.97. The van der Waals surface area contributed by atoms with Crippen LogP contribution >= 0.6 is 0 Å². The second kappa shape index (κ2) is 5.82. The Kier molecular flexibility index (Phi) is 4.68. The van der Waals surface area contributed by atoms with Crippen LogP contribution in [0.2, 0.25) is 0 Å². The summed E-state index contributed by atoms with van der Waals surface area (Å²) in [6, 6.07) is 10.7. The van der Waals surface area contributed by atoms with Crippen LogP contribution in [0.25, 0.3) is 0 Å². The Bertz CT molecular complexity index is 243. The predicted molar refractivity (Wildman–Crippen MR) is 61.4 cm³/mol. The average Bonchev–Trinajstić information content (AvgIpc) is 2.19. The summed E-state index contributed by atoms with van der Waals surface area (Å²) < 4.78 is 0. The van der Waals surface area contributed by atoms with Gasteiger partial charge in [0, 0.05) is 11.5 Å². The van der Waals surface area contributed by atoms with E-state index < -0.39 is 0 Å². The normalized spacial score (nSPS) is 15.1. The Morgan fingerprint density at radius 2 is 1.86 bits per heavy atom. The first-order valence-corrected chi connectivity index (χ1v) is 5.57. The van der Waals surface area contributed by atoms with Crippen molar-refractivity contribution < 1.29 is 4.90 Å². The molecule has 0 aliphatic rings. The third-order valence-electron chi connectivity index (χ3n) is 2.74. The van der Waals surface area contributed by atoms with Gasteiger partial charge < -0.3 is 4.90 Å². The molecule has 2 unspecified atom stereocenters. The van der Waals surface area contributed by atoms with Gasteiger partial charge in [-0.2, -0.15) is 0 Å². The monoisotopic (exact) mass is 192 g/mol. The zero-order valence-corrected chi connectivity index (χ0v) is 9.59. The van der Waals surface area contributed by atoms with Gasteiger partial charge in [0.2, 0.25) is 0 Å². The van der Waals surface area contributed by atoms with Crippen molar-refractivity contribution >= 4 is 0 Å². The molecule has 1 aromatic rings. The number of quaternary nitrogens is 1. The SMILES string of the molecule is CCC(C)C[NH+](C)Cc1ccccc1. The van der Waals surface area contributed by atoms with E-state index in [1.165, 1.54) is 18.5 Å². The summed E-state index contributed by atoms with van der Waals surface area (Å²) >= 11 is 0. The highest BCUT2D eigenvalue weighted by molar-refractivity contribution is 5.13. The van der Waals surface area contributed by atoms with Crippen LogP contribution in [0.5, 0.6) is 0 Å². The lowest BCUT2D eigenvalue weighted by Crippen LogP contribution is -3.08. The Morgan fingerprint density at radius 1 is 1.21 bits per heavy atom. The maximum atomic E-state index is 2.33. The second-order valence-corrected chi connectivity index (χ2v) is 4.34. The fraction of sp³-hybridized carbons (Fsp3) is 0.538. The van der Waals surface area contributed by atoms with Gasteiger partial charge >= 0.3 is 0 Å². The smallest absolute Gasteiger partial charge is 0.103 e. The molecule has 0 aromatic heterocycles. The summed E-state index contributed by atoms with van der Waals surface area (Å²) in [6.07, 6.45) is 1.28. The predicted octanol–water partition coefficient (Wildman–Crippen LogP) is 1.75. The van der Waals surface area contributed by atoms with Gasteiger partial charge in [-0.3, -0.25) is 0 Å². The summed E-state index contributed by atoms with van der Waals surface area (Å²) in [5.41, 5.74) is 1.44. The van der Waals surface area contributed by atoms with E-state index in [2.05, 4.69) is 51.2 Å². The van der Waals surface area contributed by atoms with Gasteiger partial charge in [0.15, 0.2) is 0 Å². The fourth-order valence-electron chi connectivity index (χ4n) is 1.76. The van der Waals surface area contributed by atoms with E-state index in [1.54, 1.807) is 4.90 Å². The topological polar surface area (TPSA) is 4.44 Å². The number of hydrogen-bond acceptors (Lipinski definition) is 0. The van der Waals surface area contributed by atoms with Crippen molar-refractivity contribution in [3.8, 4) is 0 Å². The van der Waals surface area contributed by atoms with E-state index >= 15 is 0 Å². The van der Waals surface area contributed by atoms with Crippen molar-refractivity contribution in [1.29, 1.82) is 0 Å². The van der Waals surface area contributed by atoms with E-state index in [9.17, 15) is 0 Å². The molecule has 0 spiro atoms. The van der Waals surface area contributed by atoms with Crippen LogP contribution in [0.15, 0.2) is 30.3 Å². The minimum atomic E-state index is 0.832. The van der Waals surface area contributed by atoms with Crippen molar-refractivity contribution in [1.82, 2.24) is 0 Å². The fourth-order valence-corrected chi connectivity index (χ4v) is 1.76. The lowest BCUT2D eigenvalue weighted by molar-refractivity contribution is -0.897. The summed E-state index contributed by atoms with van der Waals surface area (Å²) in [5, 5.41) is 0. The lowest BCUT2D eigenvalue weighted by Gasteiger charge is -2.17. The summed E-state index contributed by atoms with van der Waals surface area (Å²) in [5.74, 6) is 0.832. The van der Waals surface area contributed by atoms with Crippen LogP contribution in [-0.4, -0.2) is 13.6 Å². The van der Waals surface area contributed by atoms with Gasteiger partial charge in [0.1, 0.15) is 6.54 Å². The summed E-state index contributed by atoms with van der Waals surface area (Å²) in [6.45, 7) is 7.01. The standard InChI is InChI=1S/C13H21N/c1-4-12(2)10-14(3)11-13-8-6-5-7-9-13/h5-9,12H,4,10-11H2,1-3H3/p+1. The van der Waals surface area contributed by atoms with Crippen LogP contribution in [0.3, 0.4) is 0 Å². The van der Waals surface area contributed by atoms with Crippen LogP contribution in [0, 0.1) is 5.92 Å². The first-order chi connectivity index (χ1) is 6.72. The van der Waals surface area contributed by atoms with Crippen molar-refractivity contribution in [3.63, 3.8) is 0 Å². The van der Waals surface area contributed by atoms with Crippen LogP contribution in [0.4, 0.5) is 0 Å². The third kappa shape index (κ3) is 3.93. The lowest BCUT2D eigenvalue weighted by atomic mass is 10.1. The summed E-state index contributed by atoms with van der Waals surface area (Å²) in [4.78, 5) is 1.60. The molecule has 0 aliphatic carbocycles. The molecule has 0 saturated heterocycles. The molecule has 0 saturated carbocycles. The Morgan fingerprint density at radius 3 is 2.43 bits per heavy atom.